The fourth-order valence-electron chi connectivity index (χ4n) is 7.94. The monoisotopic (exact) mass is 756 g/mol. The number of carbonyl (C=O) groups is 1. The first-order valence-corrected chi connectivity index (χ1v) is 17.6. The predicted molar refractivity (Wildman–Crippen MR) is 188 cm³/mol. The van der Waals surface area contributed by atoms with Crippen molar-refractivity contribution < 1.29 is 74.1 Å². The summed E-state index contributed by atoms with van der Waals surface area (Å²) >= 11 is 0. The van der Waals surface area contributed by atoms with Crippen LogP contribution in [-0.4, -0.2) is 121 Å². The number of esters is 1. The van der Waals surface area contributed by atoms with Crippen molar-refractivity contribution in [1.82, 2.24) is 0 Å². The smallest absolute Gasteiger partial charge is 0.340 e. The van der Waals surface area contributed by atoms with Gasteiger partial charge in [-0.05, 0) is 65.4 Å². The van der Waals surface area contributed by atoms with E-state index in [1.807, 2.05) is 24.3 Å². The highest BCUT2D eigenvalue weighted by Crippen LogP contribution is 2.59. The summed E-state index contributed by atoms with van der Waals surface area (Å²) in [6.07, 6.45) is -14.6. The molecule has 286 valence electrons. The Morgan fingerprint density at radius 3 is 1.55 bits per heavy atom. The molecule has 55 heavy (non-hydrogen) atoms. The molecule has 4 aliphatic rings. The first-order valence-electron chi connectivity index (χ1n) is 17.6. The summed E-state index contributed by atoms with van der Waals surface area (Å²) in [5.74, 6) is 0.766. The lowest BCUT2D eigenvalue weighted by molar-refractivity contribution is -0.277. The van der Waals surface area contributed by atoms with Gasteiger partial charge >= 0.3 is 5.97 Å². The zero-order valence-corrected chi connectivity index (χ0v) is 28.7. The second kappa shape index (κ2) is 13.4. The van der Waals surface area contributed by atoms with Gasteiger partial charge in [0.1, 0.15) is 71.8 Å². The van der Waals surface area contributed by atoms with Crippen molar-refractivity contribution >= 4 is 27.5 Å². The maximum atomic E-state index is 13.5. The van der Waals surface area contributed by atoms with E-state index in [2.05, 4.69) is 0 Å². The number of hydrogen-bond donors (Lipinski definition) is 8. The van der Waals surface area contributed by atoms with Crippen LogP contribution in [0.1, 0.15) is 27.0 Å². The second-order valence-corrected chi connectivity index (χ2v) is 14.0. The number of rotatable bonds is 6. The molecule has 4 aliphatic heterocycles. The van der Waals surface area contributed by atoms with Crippen LogP contribution in [0.15, 0.2) is 84.9 Å². The Bertz CT molecular complexity index is 2180. The van der Waals surface area contributed by atoms with E-state index in [9.17, 15) is 45.6 Å². The number of benzene rings is 5. The highest BCUT2D eigenvalue weighted by molar-refractivity contribution is 6.01. The van der Waals surface area contributed by atoms with Crippen molar-refractivity contribution in [2.45, 2.75) is 67.0 Å². The summed E-state index contributed by atoms with van der Waals surface area (Å²) in [4.78, 5) is 13.5. The van der Waals surface area contributed by atoms with Crippen LogP contribution in [0.2, 0.25) is 0 Å². The van der Waals surface area contributed by atoms with E-state index in [1.165, 1.54) is 0 Å². The maximum Gasteiger partial charge on any atom is 0.340 e. The van der Waals surface area contributed by atoms with Gasteiger partial charge in [-0.25, -0.2) is 4.79 Å². The Labute approximate surface area is 311 Å². The van der Waals surface area contributed by atoms with Crippen LogP contribution >= 0.6 is 0 Å². The molecule has 1 unspecified atom stereocenters. The number of carbonyl (C=O) groups excluding carboxylic acids is 1. The maximum absolute atomic E-state index is 13.5. The molecule has 5 aromatic carbocycles. The molecule has 9 rings (SSSR count). The van der Waals surface area contributed by atoms with Crippen LogP contribution in [0.3, 0.4) is 0 Å². The largest absolute Gasteiger partial charge is 0.462 e. The van der Waals surface area contributed by atoms with Gasteiger partial charge in [0.25, 0.3) is 0 Å². The number of aliphatic hydroxyl groups excluding tert-OH is 8. The molecule has 0 aromatic heterocycles. The Balaban J connectivity index is 1.13. The van der Waals surface area contributed by atoms with Crippen molar-refractivity contribution in [2.75, 3.05) is 13.2 Å². The Morgan fingerprint density at radius 2 is 1.05 bits per heavy atom. The molecule has 0 amide bonds. The van der Waals surface area contributed by atoms with Crippen molar-refractivity contribution in [3.05, 3.63) is 107 Å². The first kappa shape index (κ1) is 35.8. The topological polar surface area (TPSA) is 234 Å². The van der Waals surface area contributed by atoms with Crippen molar-refractivity contribution in [2.24, 2.45) is 0 Å². The van der Waals surface area contributed by atoms with Gasteiger partial charge in [-0.3, -0.25) is 0 Å². The second-order valence-electron chi connectivity index (χ2n) is 14.0. The third kappa shape index (κ3) is 5.47. The van der Waals surface area contributed by atoms with Crippen LogP contribution < -0.4 is 14.2 Å². The van der Waals surface area contributed by atoms with Crippen molar-refractivity contribution in [3.8, 4) is 23.0 Å². The molecule has 11 atom stereocenters. The molecule has 2 saturated heterocycles. The van der Waals surface area contributed by atoms with Gasteiger partial charge < -0.3 is 69.3 Å². The number of aliphatic hydroxyl groups is 8. The SMILES string of the molecule is O=C1OC2(c3ccccc31)c1ccc3cc(O[C@@H]4O[C@H](CO)[C@H](O)[C@H](O)[C@H]4O)ccc3c1Oc1c2ccc2cc(O[C@H]3O[C@H](CO)[C@H](O)[C@H](O)[C@H]3O)ccc12. The van der Waals surface area contributed by atoms with Gasteiger partial charge in [-0.15, -0.1) is 0 Å². The quantitative estimate of drug-likeness (QED) is 0.113. The van der Waals surface area contributed by atoms with Gasteiger partial charge in [0, 0.05) is 27.5 Å². The minimum absolute atomic E-state index is 0.248. The van der Waals surface area contributed by atoms with Crippen LogP contribution in [0, 0.1) is 0 Å². The van der Waals surface area contributed by atoms with E-state index in [4.69, 9.17) is 28.4 Å². The third-order valence-electron chi connectivity index (χ3n) is 10.8. The van der Waals surface area contributed by atoms with Gasteiger partial charge in [0.05, 0.1) is 18.8 Å². The summed E-state index contributed by atoms with van der Waals surface area (Å²) in [7, 11) is 0. The molecule has 1 spiro atoms. The standard InChI is InChI=1S/C40H36O15/c41-15-27-29(43)31(45)33(47)38(52-27)50-19-7-9-21-17(13-19)5-11-25-35(21)54-36-22-10-8-20(51-39-34(48)32(46)30(44)28(16-42)53-39)14-18(22)6-12-26(36)40(25)24-4-2-1-3-23(24)37(49)55-40/h1-14,27-34,38-39,41-48H,15-16H2/t27-,28-,29+,30+,31+,32+,33-,34-,38-,39+,40?/m1/s1. The fourth-order valence-corrected chi connectivity index (χ4v) is 7.94. The molecule has 15 nitrogen and oxygen atoms in total. The van der Waals surface area contributed by atoms with Gasteiger partial charge in [0.15, 0.2) is 5.60 Å². The fraction of sp³-hybridized carbons (Fsp3) is 0.325. The molecular formula is C40H36O15. The Hall–Kier alpha value is -4.91. The molecule has 15 heteroatoms. The van der Waals surface area contributed by atoms with Crippen LogP contribution in [-0.2, 0) is 19.8 Å². The average molecular weight is 757 g/mol. The van der Waals surface area contributed by atoms with E-state index in [0.717, 1.165) is 0 Å². The van der Waals surface area contributed by atoms with E-state index < -0.39 is 86.2 Å². The summed E-state index contributed by atoms with van der Waals surface area (Å²) in [6.45, 7) is -1.21. The van der Waals surface area contributed by atoms with E-state index in [0.29, 0.717) is 55.3 Å². The average Bonchev–Trinajstić information content (AvgIpc) is 3.49. The molecule has 5 aromatic rings. The summed E-state index contributed by atoms with van der Waals surface area (Å²) in [5.41, 5.74) is 0.740. The lowest BCUT2D eigenvalue weighted by Gasteiger charge is -2.39. The number of hydrogen-bond acceptors (Lipinski definition) is 15. The predicted octanol–water partition coefficient (Wildman–Crippen LogP) is 0.918. The van der Waals surface area contributed by atoms with Gasteiger partial charge in [0.2, 0.25) is 12.6 Å². The van der Waals surface area contributed by atoms with Crippen LogP contribution in [0.5, 0.6) is 23.0 Å². The molecule has 0 radical (unpaired) electrons. The van der Waals surface area contributed by atoms with Crippen molar-refractivity contribution in [3.63, 3.8) is 0 Å². The molecule has 8 N–H and O–H groups in total. The minimum Gasteiger partial charge on any atom is -0.462 e. The Kier molecular flexibility index (Phi) is 8.71. The lowest BCUT2D eigenvalue weighted by atomic mass is 9.76. The Morgan fingerprint density at radius 1 is 0.564 bits per heavy atom. The molecule has 2 fully saturated rings. The lowest BCUT2D eigenvalue weighted by Crippen LogP contribution is -2.60. The minimum atomic E-state index is -1.62. The molecular weight excluding hydrogens is 720 g/mol. The molecule has 4 heterocycles. The summed E-state index contributed by atoms with van der Waals surface area (Å²) in [6, 6.07) is 24.4. The first-order chi connectivity index (χ1) is 26.5. The molecule has 0 saturated carbocycles. The van der Waals surface area contributed by atoms with Gasteiger partial charge in [-0.1, -0.05) is 30.3 Å². The van der Waals surface area contributed by atoms with Crippen LogP contribution in [0.4, 0.5) is 0 Å². The zero-order chi connectivity index (χ0) is 38.3. The van der Waals surface area contributed by atoms with E-state index in [-0.39, 0.29) is 11.5 Å². The number of ether oxygens (including phenoxy) is 6. The number of fused-ring (bicyclic) bond motifs is 10. The molecule has 0 aliphatic carbocycles. The third-order valence-corrected chi connectivity index (χ3v) is 10.8. The van der Waals surface area contributed by atoms with E-state index >= 15 is 0 Å². The zero-order valence-electron chi connectivity index (χ0n) is 28.7. The highest BCUT2D eigenvalue weighted by atomic mass is 16.7. The summed E-state index contributed by atoms with van der Waals surface area (Å²) in [5, 5.41) is 83.7. The molecule has 0 bridgehead atoms. The van der Waals surface area contributed by atoms with E-state index in [1.54, 1.807) is 60.7 Å². The van der Waals surface area contributed by atoms with Crippen molar-refractivity contribution in [1.29, 1.82) is 0 Å². The highest BCUT2D eigenvalue weighted by Gasteiger charge is 2.54. The van der Waals surface area contributed by atoms with Crippen LogP contribution in [0.25, 0.3) is 21.5 Å². The normalized spacial score (nSPS) is 32.4. The van der Waals surface area contributed by atoms with Gasteiger partial charge in [-0.2, -0.15) is 0 Å². The summed E-state index contributed by atoms with van der Waals surface area (Å²) < 4.78 is 36.0.